The van der Waals surface area contributed by atoms with Crippen LogP contribution >= 0.6 is 0 Å². The van der Waals surface area contributed by atoms with E-state index in [2.05, 4.69) is 21.0 Å². The number of hydrogen-bond acceptors (Lipinski definition) is 6. The van der Waals surface area contributed by atoms with Gasteiger partial charge in [0.15, 0.2) is 0 Å². The van der Waals surface area contributed by atoms with Gasteiger partial charge in [-0.05, 0) is 42.2 Å². The van der Waals surface area contributed by atoms with Crippen LogP contribution < -0.4 is 16.0 Å². The number of piperidine rings is 1. The summed E-state index contributed by atoms with van der Waals surface area (Å²) in [5.41, 5.74) is 11.1. The van der Waals surface area contributed by atoms with E-state index in [1.165, 1.54) is 0 Å². The molecule has 1 fully saturated rings. The van der Waals surface area contributed by atoms with E-state index in [-0.39, 0.29) is 18.2 Å². The molecule has 1 unspecified atom stereocenters. The number of benzene rings is 2. The molecule has 1 aromatic heterocycles. The Morgan fingerprint density at radius 1 is 1.09 bits per heavy atom. The van der Waals surface area contributed by atoms with Gasteiger partial charge in [-0.25, -0.2) is 4.98 Å². The summed E-state index contributed by atoms with van der Waals surface area (Å²) >= 11 is 0. The molecule has 1 atom stereocenters. The molecule has 2 aromatic carbocycles. The summed E-state index contributed by atoms with van der Waals surface area (Å²) in [6.45, 7) is 2.80. The molecule has 9 heteroatoms. The predicted molar refractivity (Wildman–Crippen MR) is 130 cm³/mol. The second-order valence-corrected chi connectivity index (χ2v) is 9.41. The number of fused-ring (bicyclic) bond motifs is 2. The molecule has 3 amide bonds. The average molecular weight is 471 g/mol. The first kappa shape index (κ1) is 21.4. The fourth-order valence-corrected chi connectivity index (χ4v) is 5.26. The molecule has 0 spiro atoms. The Balaban J connectivity index is 1.22. The van der Waals surface area contributed by atoms with E-state index < -0.39 is 11.9 Å². The third kappa shape index (κ3) is 3.82. The number of anilines is 2. The largest absolute Gasteiger partial charge is 0.399 e. The quantitative estimate of drug-likeness (QED) is 0.447. The van der Waals surface area contributed by atoms with Gasteiger partial charge in [0.25, 0.3) is 5.91 Å². The van der Waals surface area contributed by atoms with Crippen LogP contribution in [-0.2, 0) is 29.2 Å². The molecule has 3 aliphatic rings. The van der Waals surface area contributed by atoms with Crippen molar-refractivity contribution in [3.05, 3.63) is 65.4 Å². The van der Waals surface area contributed by atoms with Crippen LogP contribution in [0.2, 0.25) is 0 Å². The molecule has 3 N–H and O–H groups in total. The van der Waals surface area contributed by atoms with Gasteiger partial charge in [-0.15, -0.1) is 0 Å². The number of carbonyl (C=O) groups is 3. The first-order chi connectivity index (χ1) is 17.0. The van der Waals surface area contributed by atoms with Crippen molar-refractivity contribution in [1.29, 1.82) is 0 Å². The molecule has 0 bridgehead atoms. The average Bonchev–Trinajstić information content (AvgIpc) is 3.42. The van der Waals surface area contributed by atoms with Crippen LogP contribution in [0.25, 0.3) is 11.3 Å². The van der Waals surface area contributed by atoms with Crippen LogP contribution in [0, 0.1) is 0 Å². The summed E-state index contributed by atoms with van der Waals surface area (Å²) in [6.07, 6.45) is 3.69. The van der Waals surface area contributed by atoms with Gasteiger partial charge in [-0.3, -0.25) is 19.7 Å². The standard InChI is InChI=1S/C26H26N6O3/c27-19-4-1-3-17(12-19)21-15-31-10-2-9-30(26(31)28-21)13-16-5-6-18-14-32(25(35)20(18)11-16)22-7-8-23(33)29-24(22)34/h1,3-6,11-12,15,22H,2,7-10,13-14,27H2,(H,29,33,34). The number of carbonyl (C=O) groups excluding carboxylic acids is 3. The minimum Gasteiger partial charge on any atom is -0.399 e. The highest BCUT2D eigenvalue weighted by Gasteiger charge is 2.39. The Kier molecular flexibility index (Phi) is 5.05. The molecule has 0 saturated carbocycles. The van der Waals surface area contributed by atoms with Gasteiger partial charge < -0.3 is 20.1 Å². The lowest BCUT2D eigenvalue weighted by Gasteiger charge is -2.29. The highest BCUT2D eigenvalue weighted by Crippen LogP contribution is 2.31. The molecule has 3 aromatic rings. The Morgan fingerprint density at radius 2 is 1.97 bits per heavy atom. The van der Waals surface area contributed by atoms with Crippen LogP contribution in [0.5, 0.6) is 0 Å². The van der Waals surface area contributed by atoms with Gasteiger partial charge in [0.1, 0.15) is 6.04 Å². The highest BCUT2D eigenvalue weighted by molar-refractivity contribution is 6.05. The maximum Gasteiger partial charge on any atom is 0.255 e. The summed E-state index contributed by atoms with van der Waals surface area (Å²) in [7, 11) is 0. The zero-order valence-corrected chi connectivity index (χ0v) is 19.2. The third-order valence-corrected chi connectivity index (χ3v) is 7.01. The van der Waals surface area contributed by atoms with Crippen LogP contribution in [0.4, 0.5) is 11.6 Å². The Bertz CT molecular complexity index is 1360. The fraction of sp³-hybridized carbons (Fsp3) is 0.308. The van der Waals surface area contributed by atoms with Gasteiger partial charge in [-0.1, -0.05) is 24.3 Å². The maximum absolute atomic E-state index is 13.2. The molecule has 3 aliphatic heterocycles. The summed E-state index contributed by atoms with van der Waals surface area (Å²) in [4.78, 5) is 45.7. The topological polar surface area (TPSA) is 114 Å². The second kappa shape index (κ2) is 8.26. The van der Waals surface area contributed by atoms with Crippen molar-refractivity contribution >= 4 is 29.4 Å². The van der Waals surface area contributed by atoms with E-state index >= 15 is 0 Å². The molecule has 0 aliphatic carbocycles. The van der Waals surface area contributed by atoms with Gasteiger partial charge >= 0.3 is 0 Å². The van der Waals surface area contributed by atoms with Gasteiger partial charge in [-0.2, -0.15) is 0 Å². The fourth-order valence-electron chi connectivity index (χ4n) is 5.26. The zero-order chi connectivity index (χ0) is 24.1. The van der Waals surface area contributed by atoms with E-state index in [0.29, 0.717) is 30.8 Å². The van der Waals surface area contributed by atoms with E-state index in [1.807, 2.05) is 42.5 Å². The minimum absolute atomic E-state index is 0.152. The molecule has 0 radical (unpaired) electrons. The molecule has 9 nitrogen and oxygen atoms in total. The first-order valence-electron chi connectivity index (χ1n) is 11.9. The number of aromatic nitrogens is 2. The van der Waals surface area contributed by atoms with E-state index in [0.717, 1.165) is 47.8 Å². The van der Waals surface area contributed by atoms with Crippen molar-refractivity contribution in [3.63, 3.8) is 0 Å². The molecular formula is C26H26N6O3. The minimum atomic E-state index is -0.601. The molecule has 178 valence electrons. The summed E-state index contributed by atoms with van der Waals surface area (Å²) in [5, 5.41) is 2.35. The SMILES string of the molecule is Nc1cccc(-c2cn3c(n2)N(Cc2ccc4c(c2)C(=O)N(C2CCC(=O)NC2=O)C4)CCC3)c1. The number of amides is 3. The van der Waals surface area contributed by atoms with Crippen LogP contribution in [-0.4, -0.2) is 44.8 Å². The first-order valence-corrected chi connectivity index (χ1v) is 11.9. The van der Waals surface area contributed by atoms with Crippen molar-refractivity contribution < 1.29 is 14.4 Å². The number of imidazole rings is 1. The van der Waals surface area contributed by atoms with Crippen LogP contribution in [0.1, 0.15) is 40.7 Å². The smallest absolute Gasteiger partial charge is 0.255 e. The van der Waals surface area contributed by atoms with Crippen molar-refractivity contribution in [2.75, 3.05) is 17.2 Å². The van der Waals surface area contributed by atoms with Crippen LogP contribution in [0.15, 0.2) is 48.7 Å². The lowest BCUT2D eigenvalue weighted by molar-refractivity contribution is -0.136. The number of rotatable bonds is 4. The van der Waals surface area contributed by atoms with Gasteiger partial charge in [0.05, 0.1) is 5.69 Å². The normalized spacial score (nSPS) is 19.5. The maximum atomic E-state index is 13.2. The zero-order valence-electron chi connectivity index (χ0n) is 19.2. The monoisotopic (exact) mass is 470 g/mol. The number of imide groups is 1. The molecule has 1 saturated heterocycles. The Morgan fingerprint density at radius 3 is 2.80 bits per heavy atom. The summed E-state index contributed by atoms with van der Waals surface area (Å²) < 4.78 is 2.17. The van der Waals surface area contributed by atoms with E-state index in [9.17, 15) is 14.4 Å². The predicted octanol–water partition coefficient (Wildman–Crippen LogP) is 2.30. The number of nitrogens with two attached hydrogens (primary N) is 1. The number of aryl methyl sites for hydroxylation is 1. The lowest BCUT2D eigenvalue weighted by atomic mass is 10.0. The number of nitrogens with zero attached hydrogens (tertiary/aromatic N) is 4. The number of nitrogen functional groups attached to an aromatic ring is 1. The lowest BCUT2D eigenvalue weighted by Crippen LogP contribution is -2.52. The molecular weight excluding hydrogens is 444 g/mol. The summed E-state index contributed by atoms with van der Waals surface area (Å²) in [5.74, 6) is 0.0846. The van der Waals surface area contributed by atoms with Crippen molar-refractivity contribution in [1.82, 2.24) is 19.8 Å². The van der Waals surface area contributed by atoms with Gasteiger partial charge in [0.2, 0.25) is 17.8 Å². The van der Waals surface area contributed by atoms with Crippen molar-refractivity contribution in [2.45, 2.75) is 44.9 Å². The van der Waals surface area contributed by atoms with Crippen molar-refractivity contribution in [2.24, 2.45) is 0 Å². The van der Waals surface area contributed by atoms with E-state index in [1.54, 1.807) is 4.90 Å². The number of hydrogen-bond donors (Lipinski definition) is 2. The highest BCUT2D eigenvalue weighted by atomic mass is 16.2. The second-order valence-electron chi connectivity index (χ2n) is 9.41. The summed E-state index contributed by atoms with van der Waals surface area (Å²) in [6, 6.07) is 13.1. The molecule has 35 heavy (non-hydrogen) atoms. The third-order valence-electron chi connectivity index (χ3n) is 7.01. The Labute approximate surface area is 202 Å². The molecule has 6 rings (SSSR count). The van der Waals surface area contributed by atoms with Crippen molar-refractivity contribution in [3.8, 4) is 11.3 Å². The number of nitrogens with one attached hydrogen (secondary N) is 1. The van der Waals surface area contributed by atoms with E-state index in [4.69, 9.17) is 10.7 Å². The Hall–Kier alpha value is -4.14. The van der Waals surface area contributed by atoms with Gasteiger partial charge in [0, 0.05) is 55.6 Å². The van der Waals surface area contributed by atoms with Crippen LogP contribution in [0.3, 0.4) is 0 Å². The molecule has 4 heterocycles.